The molecule has 0 bridgehead atoms. The van der Waals surface area contributed by atoms with Crippen LogP contribution in [0.4, 0.5) is 0 Å². The second-order valence-corrected chi connectivity index (χ2v) is 4.60. The SMILES string of the molecule is Clc1c(C2CCNCC2)ccc2c1OCO2. The minimum absolute atomic E-state index is 0.282. The van der Waals surface area contributed by atoms with E-state index in [1.54, 1.807) is 0 Å². The molecule has 2 aliphatic rings. The van der Waals surface area contributed by atoms with Gasteiger partial charge in [0.15, 0.2) is 11.5 Å². The van der Waals surface area contributed by atoms with E-state index in [4.69, 9.17) is 21.1 Å². The normalized spacial score (nSPS) is 20.1. The van der Waals surface area contributed by atoms with Crippen LogP contribution in [-0.4, -0.2) is 19.9 Å². The lowest BCUT2D eigenvalue weighted by atomic mass is 9.90. The Kier molecular flexibility index (Phi) is 2.65. The maximum atomic E-state index is 6.36. The summed E-state index contributed by atoms with van der Waals surface area (Å²) >= 11 is 6.36. The minimum Gasteiger partial charge on any atom is -0.454 e. The number of halogens is 1. The summed E-state index contributed by atoms with van der Waals surface area (Å²) in [6.45, 7) is 2.41. The molecule has 0 amide bonds. The summed E-state index contributed by atoms with van der Waals surface area (Å²) in [5.41, 5.74) is 1.20. The predicted octanol–water partition coefficient (Wildman–Crippen LogP) is 2.54. The second kappa shape index (κ2) is 4.15. The van der Waals surface area contributed by atoms with Crippen molar-refractivity contribution in [1.82, 2.24) is 5.32 Å². The lowest BCUT2D eigenvalue weighted by molar-refractivity contribution is 0.174. The number of fused-ring (bicyclic) bond motifs is 1. The number of rotatable bonds is 1. The van der Waals surface area contributed by atoms with Crippen molar-refractivity contribution in [3.63, 3.8) is 0 Å². The van der Waals surface area contributed by atoms with E-state index in [9.17, 15) is 0 Å². The summed E-state index contributed by atoms with van der Waals surface area (Å²) in [7, 11) is 0. The van der Waals surface area contributed by atoms with Crippen LogP contribution in [0.5, 0.6) is 11.5 Å². The second-order valence-electron chi connectivity index (χ2n) is 4.23. The summed E-state index contributed by atoms with van der Waals surface area (Å²) in [5.74, 6) is 2.03. The molecule has 1 N–H and O–H groups in total. The zero-order valence-electron chi connectivity index (χ0n) is 8.96. The number of hydrogen-bond donors (Lipinski definition) is 1. The molecule has 3 rings (SSSR count). The van der Waals surface area contributed by atoms with Gasteiger partial charge in [0.1, 0.15) is 0 Å². The first-order valence-electron chi connectivity index (χ1n) is 5.65. The molecule has 0 unspecified atom stereocenters. The molecule has 2 heterocycles. The molecular formula is C12H14ClNO2. The lowest BCUT2D eigenvalue weighted by Gasteiger charge is -2.24. The Morgan fingerprint density at radius 3 is 2.81 bits per heavy atom. The van der Waals surface area contributed by atoms with Gasteiger partial charge in [0, 0.05) is 0 Å². The van der Waals surface area contributed by atoms with Crippen molar-refractivity contribution in [2.24, 2.45) is 0 Å². The van der Waals surface area contributed by atoms with Gasteiger partial charge < -0.3 is 14.8 Å². The zero-order valence-corrected chi connectivity index (χ0v) is 9.72. The first-order chi connectivity index (χ1) is 7.86. The molecule has 0 aliphatic carbocycles. The number of hydrogen-bond acceptors (Lipinski definition) is 3. The maximum Gasteiger partial charge on any atom is 0.231 e. The highest BCUT2D eigenvalue weighted by atomic mass is 35.5. The highest BCUT2D eigenvalue weighted by Gasteiger charge is 2.24. The van der Waals surface area contributed by atoms with Gasteiger partial charge in [0.2, 0.25) is 6.79 Å². The quantitative estimate of drug-likeness (QED) is 0.817. The van der Waals surface area contributed by atoms with Crippen LogP contribution in [0.25, 0.3) is 0 Å². The van der Waals surface area contributed by atoms with Gasteiger partial charge in [-0.3, -0.25) is 0 Å². The molecule has 0 saturated carbocycles. The van der Waals surface area contributed by atoms with Crippen molar-refractivity contribution in [3.05, 3.63) is 22.7 Å². The Balaban J connectivity index is 1.95. The molecule has 0 spiro atoms. The Morgan fingerprint density at radius 2 is 2.00 bits per heavy atom. The summed E-state index contributed by atoms with van der Waals surface area (Å²) in [6.07, 6.45) is 2.28. The molecule has 1 aromatic rings. The first-order valence-corrected chi connectivity index (χ1v) is 6.03. The van der Waals surface area contributed by atoms with Crippen LogP contribution in [0.3, 0.4) is 0 Å². The van der Waals surface area contributed by atoms with E-state index < -0.39 is 0 Å². The lowest BCUT2D eigenvalue weighted by Crippen LogP contribution is -2.26. The van der Waals surface area contributed by atoms with Gasteiger partial charge in [0.05, 0.1) is 5.02 Å². The van der Waals surface area contributed by atoms with Crippen LogP contribution in [0.15, 0.2) is 12.1 Å². The van der Waals surface area contributed by atoms with Crippen molar-refractivity contribution in [2.45, 2.75) is 18.8 Å². The van der Waals surface area contributed by atoms with Gasteiger partial charge in [-0.1, -0.05) is 17.7 Å². The fourth-order valence-electron chi connectivity index (χ4n) is 2.40. The van der Waals surface area contributed by atoms with Crippen LogP contribution in [0, 0.1) is 0 Å². The molecule has 1 aromatic carbocycles. The molecule has 3 nitrogen and oxygen atoms in total. The van der Waals surface area contributed by atoms with Gasteiger partial charge in [-0.2, -0.15) is 0 Å². The number of nitrogens with one attached hydrogen (secondary N) is 1. The maximum absolute atomic E-state index is 6.36. The van der Waals surface area contributed by atoms with E-state index in [1.807, 2.05) is 6.07 Å². The predicted molar refractivity (Wildman–Crippen MR) is 62.4 cm³/mol. The molecule has 2 aliphatic heterocycles. The van der Waals surface area contributed by atoms with Crippen LogP contribution in [0.2, 0.25) is 5.02 Å². The summed E-state index contributed by atoms with van der Waals surface area (Å²) < 4.78 is 10.7. The van der Waals surface area contributed by atoms with Gasteiger partial charge in [-0.15, -0.1) is 0 Å². The molecule has 1 fully saturated rings. The van der Waals surface area contributed by atoms with Crippen molar-refractivity contribution in [1.29, 1.82) is 0 Å². The van der Waals surface area contributed by atoms with Crippen LogP contribution >= 0.6 is 11.6 Å². The van der Waals surface area contributed by atoms with Crippen LogP contribution in [0.1, 0.15) is 24.3 Å². The fourth-order valence-corrected chi connectivity index (χ4v) is 2.77. The molecule has 16 heavy (non-hydrogen) atoms. The standard InChI is InChI=1S/C12H14ClNO2/c13-11-9(8-3-5-14-6-4-8)1-2-10-12(11)16-7-15-10/h1-2,8,14H,3-7H2. The topological polar surface area (TPSA) is 30.5 Å². The third kappa shape index (κ3) is 1.64. The molecule has 4 heteroatoms. The van der Waals surface area contributed by atoms with E-state index in [-0.39, 0.29) is 6.79 Å². The Hall–Kier alpha value is -0.930. The largest absolute Gasteiger partial charge is 0.454 e. The molecular weight excluding hydrogens is 226 g/mol. The summed E-state index contributed by atoms with van der Waals surface area (Å²) in [5, 5.41) is 4.10. The van der Waals surface area contributed by atoms with Crippen LogP contribution in [-0.2, 0) is 0 Å². The first kappa shape index (κ1) is 10.2. The van der Waals surface area contributed by atoms with Crippen LogP contribution < -0.4 is 14.8 Å². The fraction of sp³-hybridized carbons (Fsp3) is 0.500. The zero-order chi connectivity index (χ0) is 11.0. The summed E-state index contributed by atoms with van der Waals surface area (Å²) in [4.78, 5) is 0. The number of benzene rings is 1. The van der Waals surface area contributed by atoms with E-state index in [1.165, 1.54) is 5.56 Å². The molecule has 0 radical (unpaired) electrons. The monoisotopic (exact) mass is 239 g/mol. The van der Waals surface area contributed by atoms with Crippen molar-refractivity contribution in [3.8, 4) is 11.5 Å². The Labute approximate surface area is 99.7 Å². The van der Waals surface area contributed by atoms with Gasteiger partial charge in [-0.05, 0) is 43.5 Å². The Morgan fingerprint density at radius 1 is 1.19 bits per heavy atom. The number of ether oxygens (including phenoxy) is 2. The van der Waals surface area contributed by atoms with Crippen molar-refractivity contribution >= 4 is 11.6 Å². The smallest absolute Gasteiger partial charge is 0.231 e. The number of piperidine rings is 1. The summed E-state index contributed by atoms with van der Waals surface area (Å²) in [6, 6.07) is 4.04. The molecule has 1 saturated heterocycles. The minimum atomic E-state index is 0.282. The van der Waals surface area contributed by atoms with Gasteiger partial charge >= 0.3 is 0 Å². The highest BCUT2D eigenvalue weighted by Crippen LogP contribution is 2.44. The average molecular weight is 240 g/mol. The van der Waals surface area contributed by atoms with E-state index in [0.717, 1.165) is 42.5 Å². The van der Waals surface area contributed by atoms with Gasteiger partial charge in [0.25, 0.3) is 0 Å². The Bertz CT molecular complexity index is 402. The van der Waals surface area contributed by atoms with Gasteiger partial charge in [-0.25, -0.2) is 0 Å². The van der Waals surface area contributed by atoms with Crippen molar-refractivity contribution in [2.75, 3.05) is 19.9 Å². The molecule has 86 valence electrons. The molecule has 0 atom stereocenters. The van der Waals surface area contributed by atoms with E-state index in [0.29, 0.717) is 5.92 Å². The third-order valence-corrected chi connectivity index (χ3v) is 3.68. The van der Waals surface area contributed by atoms with E-state index >= 15 is 0 Å². The van der Waals surface area contributed by atoms with Crippen molar-refractivity contribution < 1.29 is 9.47 Å². The average Bonchev–Trinajstić information content (AvgIpc) is 2.80. The highest BCUT2D eigenvalue weighted by molar-refractivity contribution is 6.33. The third-order valence-electron chi connectivity index (χ3n) is 3.29. The van der Waals surface area contributed by atoms with E-state index in [2.05, 4.69) is 11.4 Å². The molecule has 0 aromatic heterocycles.